The molecule has 13 nitrogen and oxygen atoms in total. The number of carbonyl (C=O) groups is 4. The molecule has 1 saturated heterocycles. The summed E-state index contributed by atoms with van der Waals surface area (Å²) in [6.45, 7) is 12.2. The van der Waals surface area contributed by atoms with Crippen LogP contribution in [-0.4, -0.2) is 64.6 Å². The number of ether oxygens (including phenoxy) is 3. The van der Waals surface area contributed by atoms with Crippen molar-refractivity contribution in [2.45, 2.75) is 75.9 Å². The molecule has 1 aliphatic heterocycles. The number of esters is 2. The summed E-state index contributed by atoms with van der Waals surface area (Å²) in [5.41, 5.74) is 4.89. The van der Waals surface area contributed by atoms with Crippen molar-refractivity contribution in [3.8, 4) is 0 Å². The molecule has 1 aliphatic rings. The molecule has 4 aromatic rings. The van der Waals surface area contributed by atoms with Gasteiger partial charge in [0.25, 0.3) is 15.9 Å². The van der Waals surface area contributed by atoms with Gasteiger partial charge >= 0.3 is 11.9 Å². The van der Waals surface area contributed by atoms with Crippen LogP contribution in [0.2, 0.25) is 0 Å². The van der Waals surface area contributed by atoms with Gasteiger partial charge in [-0.15, -0.1) is 0 Å². The zero-order chi connectivity index (χ0) is 41.1. The smallest absolute Gasteiger partial charge is 0.333 e. The van der Waals surface area contributed by atoms with Gasteiger partial charge in [-0.1, -0.05) is 73.5 Å². The van der Waals surface area contributed by atoms with E-state index < -0.39 is 40.1 Å². The van der Waals surface area contributed by atoms with Crippen LogP contribution < -0.4 is 20.1 Å². The van der Waals surface area contributed by atoms with Crippen molar-refractivity contribution < 1.29 is 41.8 Å². The van der Waals surface area contributed by atoms with Crippen molar-refractivity contribution in [3.05, 3.63) is 119 Å². The Labute approximate surface area is 333 Å². The molecule has 0 radical (unpaired) electrons. The molecule has 0 spiro atoms. The first-order valence-corrected chi connectivity index (χ1v) is 20.4. The van der Waals surface area contributed by atoms with Gasteiger partial charge in [-0.05, 0) is 99.3 Å². The minimum Gasteiger partial charge on any atom is -0.464 e. The average molecular weight is 807 g/mol. The van der Waals surface area contributed by atoms with Crippen LogP contribution in [0.5, 0.6) is 0 Å². The molecule has 0 saturated carbocycles. The Morgan fingerprint density at radius 1 is 0.804 bits per heavy atom. The van der Waals surface area contributed by atoms with Gasteiger partial charge in [0.2, 0.25) is 6.41 Å². The van der Waals surface area contributed by atoms with E-state index in [2.05, 4.69) is 51.3 Å². The van der Waals surface area contributed by atoms with Crippen molar-refractivity contribution in [1.82, 2.24) is 10.6 Å². The van der Waals surface area contributed by atoms with E-state index in [9.17, 15) is 27.6 Å². The molecule has 15 heteroatoms. The average Bonchev–Trinajstić information content (AvgIpc) is 4.05. The Morgan fingerprint density at radius 3 is 1.88 bits per heavy atom. The third-order valence-electron chi connectivity index (χ3n) is 7.80. The largest absolute Gasteiger partial charge is 0.464 e. The monoisotopic (exact) mass is 806 g/mol. The third-order valence-corrected chi connectivity index (χ3v) is 10.0. The highest BCUT2D eigenvalue weighted by Gasteiger charge is 2.34. The highest BCUT2D eigenvalue weighted by molar-refractivity contribution is 8.00. The molecular weight excluding hydrogens is 757 g/mol. The number of hydrogen-bond acceptors (Lipinski definition) is 11. The number of anilines is 2. The van der Waals surface area contributed by atoms with Crippen LogP contribution in [0.15, 0.2) is 107 Å². The van der Waals surface area contributed by atoms with E-state index in [4.69, 9.17) is 14.2 Å². The fraction of sp³-hybridized carbons (Fsp3) is 0.317. The second-order valence-electron chi connectivity index (χ2n) is 12.1. The highest BCUT2D eigenvalue weighted by Crippen LogP contribution is 2.23. The number of benzene rings is 4. The zero-order valence-electron chi connectivity index (χ0n) is 32.4. The number of nitrogens with one attached hydrogen (secondary N) is 4. The molecule has 5 rings (SSSR count). The van der Waals surface area contributed by atoms with Crippen LogP contribution in [0.4, 0.5) is 11.4 Å². The molecule has 56 heavy (non-hydrogen) atoms. The number of carbonyl (C=O) groups excluding carboxylic acids is 4. The van der Waals surface area contributed by atoms with Gasteiger partial charge in [-0.2, -0.15) is 0 Å². The van der Waals surface area contributed by atoms with Gasteiger partial charge in [-0.3, -0.25) is 14.3 Å². The number of aryl methyl sites for hydroxylation is 2. The predicted molar refractivity (Wildman–Crippen MR) is 217 cm³/mol. The zero-order valence-corrected chi connectivity index (χ0v) is 34.0. The van der Waals surface area contributed by atoms with Crippen molar-refractivity contribution in [2.24, 2.45) is 0 Å². The molecule has 0 bridgehead atoms. The molecule has 1 fully saturated rings. The Hall–Kier alpha value is -5.38. The second-order valence-corrected chi connectivity index (χ2v) is 14.6. The van der Waals surface area contributed by atoms with Crippen molar-refractivity contribution >= 4 is 57.6 Å². The predicted octanol–water partition coefficient (Wildman–Crippen LogP) is 6.28. The molecule has 0 aliphatic carbocycles. The first-order chi connectivity index (χ1) is 26.9. The van der Waals surface area contributed by atoms with Crippen LogP contribution in [0.25, 0.3) is 0 Å². The van der Waals surface area contributed by atoms with E-state index in [0.29, 0.717) is 30.7 Å². The summed E-state index contributed by atoms with van der Waals surface area (Å²) in [6, 6.07) is 27.0. The molecule has 0 aromatic heterocycles. The van der Waals surface area contributed by atoms with E-state index in [1.165, 1.54) is 41.8 Å². The number of hydrogen-bond donors (Lipinski definition) is 4. The van der Waals surface area contributed by atoms with Crippen LogP contribution in [-0.2, 0) is 49.8 Å². The minimum atomic E-state index is -3.71. The van der Waals surface area contributed by atoms with E-state index in [1.807, 2.05) is 45.0 Å². The van der Waals surface area contributed by atoms with Gasteiger partial charge in [0.1, 0.15) is 6.04 Å². The second kappa shape index (κ2) is 22.9. The molecule has 3 atom stereocenters. The normalized spacial score (nSPS) is 13.8. The summed E-state index contributed by atoms with van der Waals surface area (Å²) < 4.78 is 45.5. The Bertz CT molecular complexity index is 1950. The van der Waals surface area contributed by atoms with Crippen molar-refractivity contribution in [1.29, 1.82) is 0 Å². The third kappa shape index (κ3) is 14.7. The van der Waals surface area contributed by atoms with Gasteiger partial charge in [0.15, 0.2) is 12.1 Å². The summed E-state index contributed by atoms with van der Waals surface area (Å²) in [6.07, 6.45) is 0.334. The summed E-state index contributed by atoms with van der Waals surface area (Å²) in [4.78, 5) is 48.0. The fourth-order valence-corrected chi connectivity index (χ4v) is 6.54. The fourth-order valence-electron chi connectivity index (χ4n) is 4.84. The number of rotatable bonds is 17. The molecule has 1 heterocycles. The van der Waals surface area contributed by atoms with Crippen LogP contribution in [0, 0.1) is 13.8 Å². The Balaban J connectivity index is 0.000000289. The van der Waals surface area contributed by atoms with Gasteiger partial charge in [0.05, 0.1) is 24.7 Å². The van der Waals surface area contributed by atoms with E-state index in [-0.39, 0.29) is 24.0 Å². The lowest BCUT2D eigenvalue weighted by atomic mass is 10.1. The molecular formula is C41H50N4O9S2. The summed E-state index contributed by atoms with van der Waals surface area (Å²) in [5.74, 6) is -1.30. The van der Waals surface area contributed by atoms with E-state index >= 15 is 0 Å². The number of epoxide rings is 1. The lowest BCUT2D eigenvalue weighted by Gasteiger charge is -2.17. The summed E-state index contributed by atoms with van der Waals surface area (Å²) >= 11 is 1.54. The highest BCUT2D eigenvalue weighted by atomic mass is 32.2. The van der Waals surface area contributed by atoms with Crippen LogP contribution in [0.1, 0.15) is 56.0 Å². The molecule has 300 valence electrons. The van der Waals surface area contributed by atoms with Crippen molar-refractivity contribution in [3.63, 3.8) is 0 Å². The summed E-state index contributed by atoms with van der Waals surface area (Å²) in [7, 11) is -3.71. The molecule has 4 aromatic carbocycles. The topological polar surface area (TPSA) is 182 Å². The lowest BCUT2D eigenvalue weighted by Crippen LogP contribution is -2.45. The SMILES string of the molecule is CC.CCOC(=O)C(NC=O)c1ccc(NS(=O)(=O)c2ccc(C)cc2)cc1.CCOC(=O)[C@H](Cc1ccc(NSc2ccc(C)cc2)cc1)NC(=O)[C@@H]1CO1. The standard InChI is InChI=1S/C21H24N2O4S.C18H20N2O5S.C2H6/c1-3-26-21(25)18(22-20(24)19-13-27-19)12-15-6-8-16(9-7-15)23-28-17-10-4-14(2)5-11-17;1-3-25-18(22)17(19-12-21)14-6-8-15(9-7-14)20-26(23,24)16-10-4-13(2)5-11-16;1-2/h4-11,18-19,23H,3,12-13H2,1-2H3,(H,22,24);4-12,17,20H,3H2,1-2H3,(H,19,21);1-2H3/t18-,19-;;/m0../s1. The van der Waals surface area contributed by atoms with Gasteiger partial charge in [0, 0.05) is 22.7 Å². The molecule has 4 N–H and O–H groups in total. The maximum atomic E-state index is 12.4. The molecule has 2 amide bonds. The Kier molecular flexibility index (Phi) is 18.4. The summed E-state index contributed by atoms with van der Waals surface area (Å²) in [5, 5.41) is 5.11. The van der Waals surface area contributed by atoms with E-state index in [1.54, 1.807) is 38.1 Å². The van der Waals surface area contributed by atoms with Crippen LogP contribution in [0.3, 0.4) is 0 Å². The first kappa shape index (κ1) is 45.0. The Morgan fingerprint density at radius 2 is 1.34 bits per heavy atom. The van der Waals surface area contributed by atoms with Gasteiger partial charge < -0.3 is 29.6 Å². The maximum Gasteiger partial charge on any atom is 0.333 e. The lowest BCUT2D eigenvalue weighted by molar-refractivity contribution is -0.147. The van der Waals surface area contributed by atoms with E-state index in [0.717, 1.165) is 21.7 Å². The number of sulfonamides is 1. The van der Waals surface area contributed by atoms with Crippen molar-refractivity contribution in [2.75, 3.05) is 29.3 Å². The van der Waals surface area contributed by atoms with Gasteiger partial charge in [-0.25, -0.2) is 18.0 Å². The minimum absolute atomic E-state index is 0.152. The quantitative estimate of drug-likeness (QED) is 0.0408. The maximum absolute atomic E-state index is 12.4. The number of amides is 2. The molecule has 1 unspecified atom stereocenters. The van der Waals surface area contributed by atoms with Crippen LogP contribution >= 0.6 is 11.9 Å². The first-order valence-electron chi connectivity index (χ1n) is 18.1.